The smallest absolute Gasteiger partial charge is 0.194 e. The van der Waals surface area contributed by atoms with Crippen LogP contribution in [0.25, 0.3) is 4.96 Å². The molecular formula is C10H15N3OS. The Morgan fingerprint density at radius 2 is 2.47 bits per heavy atom. The highest BCUT2D eigenvalue weighted by Crippen LogP contribution is 2.16. The maximum absolute atomic E-state index is 9.14. The molecule has 2 rings (SSSR count). The number of fused-ring (bicyclic) bond motifs is 1. The molecular weight excluding hydrogens is 210 g/mol. The van der Waals surface area contributed by atoms with Crippen LogP contribution in [-0.4, -0.2) is 27.1 Å². The van der Waals surface area contributed by atoms with Crippen LogP contribution in [0.3, 0.4) is 0 Å². The topological polar surface area (TPSA) is 49.6 Å². The average Bonchev–Trinajstić information content (AvgIpc) is 2.68. The molecule has 1 unspecified atom stereocenters. The van der Waals surface area contributed by atoms with E-state index in [1.165, 1.54) is 5.69 Å². The normalized spacial score (nSPS) is 13.5. The molecule has 0 fully saturated rings. The van der Waals surface area contributed by atoms with E-state index < -0.39 is 0 Å². The Morgan fingerprint density at radius 1 is 1.67 bits per heavy atom. The van der Waals surface area contributed by atoms with E-state index >= 15 is 0 Å². The quantitative estimate of drug-likeness (QED) is 0.821. The van der Waals surface area contributed by atoms with Crippen LogP contribution in [0, 0.1) is 6.92 Å². The minimum Gasteiger partial charge on any atom is -0.392 e. The van der Waals surface area contributed by atoms with Crippen molar-refractivity contribution in [2.45, 2.75) is 26.5 Å². The molecule has 0 radical (unpaired) electrons. The Kier molecular flexibility index (Phi) is 3.04. The molecule has 0 saturated carbocycles. The van der Waals surface area contributed by atoms with Gasteiger partial charge in [0.25, 0.3) is 0 Å². The monoisotopic (exact) mass is 225 g/mol. The minimum absolute atomic E-state index is 0.309. The first kappa shape index (κ1) is 10.6. The Balaban J connectivity index is 2.12. The van der Waals surface area contributed by atoms with E-state index in [0.29, 0.717) is 6.54 Å². The summed E-state index contributed by atoms with van der Waals surface area (Å²) in [5, 5.41) is 14.4. The number of aliphatic hydroxyl groups excluding tert-OH is 1. The lowest BCUT2D eigenvalue weighted by Gasteiger charge is -2.06. The zero-order chi connectivity index (χ0) is 10.8. The molecule has 0 amide bonds. The van der Waals surface area contributed by atoms with Crippen molar-refractivity contribution in [3.63, 3.8) is 0 Å². The van der Waals surface area contributed by atoms with Crippen LogP contribution in [0.4, 0.5) is 0 Å². The van der Waals surface area contributed by atoms with Crippen LogP contribution < -0.4 is 5.32 Å². The van der Waals surface area contributed by atoms with Crippen LogP contribution in [0.5, 0.6) is 0 Å². The van der Waals surface area contributed by atoms with Gasteiger partial charge in [0.05, 0.1) is 17.5 Å². The maximum Gasteiger partial charge on any atom is 0.194 e. The second kappa shape index (κ2) is 4.30. The number of aliphatic hydroxyl groups is 1. The van der Waals surface area contributed by atoms with E-state index in [-0.39, 0.29) is 6.10 Å². The number of hydrogen-bond donors (Lipinski definition) is 2. The standard InChI is InChI=1S/C10H15N3OS/c1-7(14)5-11-6-9-8(2)12-10-13(9)3-4-15-10/h3-4,7,11,14H,5-6H2,1-2H3. The van der Waals surface area contributed by atoms with Crippen molar-refractivity contribution in [1.82, 2.24) is 14.7 Å². The Hall–Kier alpha value is -0.910. The SMILES string of the molecule is Cc1nc2sccn2c1CNCC(C)O. The van der Waals surface area contributed by atoms with Crippen LogP contribution >= 0.6 is 11.3 Å². The van der Waals surface area contributed by atoms with Crippen molar-refractivity contribution in [2.24, 2.45) is 0 Å². The summed E-state index contributed by atoms with van der Waals surface area (Å²) in [7, 11) is 0. The third-order valence-electron chi connectivity index (χ3n) is 2.29. The van der Waals surface area contributed by atoms with E-state index in [0.717, 1.165) is 17.2 Å². The number of hydrogen-bond acceptors (Lipinski definition) is 4. The summed E-state index contributed by atoms with van der Waals surface area (Å²) in [5.74, 6) is 0. The molecule has 15 heavy (non-hydrogen) atoms. The number of nitrogens with zero attached hydrogens (tertiary/aromatic N) is 2. The zero-order valence-corrected chi connectivity index (χ0v) is 9.71. The van der Waals surface area contributed by atoms with Gasteiger partial charge < -0.3 is 10.4 Å². The van der Waals surface area contributed by atoms with Crippen molar-refractivity contribution in [3.8, 4) is 0 Å². The van der Waals surface area contributed by atoms with Gasteiger partial charge in [-0.1, -0.05) is 0 Å². The van der Waals surface area contributed by atoms with E-state index in [9.17, 15) is 0 Å². The second-order valence-corrected chi connectivity index (χ2v) is 4.55. The fourth-order valence-electron chi connectivity index (χ4n) is 1.55. The number of imidazole rings is 1. The lowest BCUT2D eigenvalue weighted by Crippen LogP contribution is -2.24. The molecule has 0 aliphatic rings. The lowest BCUT2D eigenvalue weighted by atomic mass is 10.3. The Bertz CT molecular complexity index is 446. The van der Waals surface area contributed by atoms with E-state index in [2.05, 4.69) is 14.7 Å². The van der Waals surface area contributed by atoms with E-state index in [1.54, 1.807) is 18.3 Å². The van der Waals surface area contributed by atoms with Crippen LogP contribution in [0.15, 0.2) is 11.6 Å². The van der Waals surface area contributed by atoms with Gasteiger partial charge in [-0.3, -0.25) is 4.40 Å². The number of aryl methyl sites for hydroxylation is 1. The zero-order valence-electron chi connectivity index (χ0n) is 8.90. The van der Waals surface area contributed by atoms with Gasteiger partial charge in [0, 0.05) is 24.7 Å². The molecule has 2 heterocycles. The molecule has 0 aromatic carbocycles. The molecule has 4 nitrogen and oxygen atoms in total. The molecule has 0 aliphatic carbocycles. The third-order valence-corrected chi connectivity index (χ3v) is 3.05. The summed E-state index contributed by atoms with van der Waals surface area (Å²) < 4.78 is 2.09. The fourth-order valence-corrected chi connectivity index (χ4v) is 2.33. The molecule has 82 valence electrons. The van der Waals surface area contributed by atoms with Gasteiger partial charge in [0.1, 0.15) is 0 Å². The molecule has 0 spiro atoms. The highest BCUT2D eigenvalue weighted by molar-refractivity contribution is 7.15. The molecule has 0 aliphatic heterocycles. The second-order valence-electron chi connectivity index (χ2n) is 3.68. The van der Waals surface area contributed by atoms with Gasteiger partial charge >= 0.3 is 0 Å². The summed E-state index contributed by atoms with van der Waals surface area (Å²) in [4.78, 5) is 5.48. The molecule has 1 atom stereocenters. The number of rotatable bonds is 4. The van der Waals surface area contributed by atoms with E-state index in [1.807, 2.05) is 18.5 Å². The van der Waals surface area contributed by atoms with Gasteiger partial charge in [-0.25, -0.2) is 4.98 Å². The number of thiazole rings is 1. The van der Waals surface area contributed by atoms with Crippen molar-refractivity contribution in [3.05, 3.63) is 23.0 Å². The molecule has 2 N–H and O–H groups in total. The van der Waals surface area contributed by atoms with Crippen molar-refractivity contribution >= 4 is 16.3 Å². The predicted molar refractivity (Wildman–Crippen MR) is 61.2 cm³/mol. The van der Waals surface area contributed by atoms with Gasteiger partial charge in [0.2, 0.25) is 0 Å². The third kappa shape index (κ3) is 2.19. The largest absolute Gasteiger partial charge is 0.392 e. The van der Waals surface area contributed by atoms with Gasteiger partial charge in [-0.2, -0.15) is 0 Å². The summed E-state index contributed by atoms with van der Waals surface area (Å²) in [6.07, 6.45) is 1.72. The van der Waals surface area contributed by atoms with Crippen LogP contribution in [-0.2, 0) is 6.54 Å². The first-order valence-corrected chi connectivity index (χ1v) is 5.86. The van der Waals surface area contributed by atoms with Crippen molar-refractivity contribution < 1.29 is 5.11 Å². The highest BCUT2D eigenvalue weighted by atomic mass is 32.1. The Labute approximate surface area is 92.6 Å². The highest BCUT2D eigenvalue weighted by Gasteiger charge is 2.08. The number of aromatic nitrogens is 2. The summed E-state index contributed by atoms with van der Waals surface area (Å²) in [6.45, 7) is 5.14. The predicted octanol–water partition coefficient (Wildman–Crippen LogP) is 1.17. The fraction of sp³-hybridized carbons (Fsp3) is 0.500. The molecule has 2 aromatic rings. The maximum atomic E-state index is 9.14. The van der Waals surface area contributed by atoms with E-state index in [4.69, 9.17) is 5.11 Å². The Morgan fingerprint density at radius 3 is 3.20 bits per heavy atom. The molecule has 2 aromatic heterocycles. The molecule has 5 heteroatoms. The van der Waals surface area contributed by atoms with Gasteiger partial charge in [0.15, 0.2) is 4.96 Å². The van der Waals surface area contributed by atoms with Crippen molar-refractivity contribution in [2.75, 3.05) is 6.54 Å². The first-order valence-electron chi connectivity index (χ1n) is 4.98. The lowest BCUT2D eigenvalue weighted by molar-refractivity contribution is 0.190. The van der Waals surface area contributed by atoms with Crippen LogP contribution in [0.2, 0.25) is 0 Å². The molecule has 0 bridgehead atoms. The van der Waals surface area contributed by atoms with Gasteiger partial charge in [-0.05, 0) is 13.8 Å². The minimum atomic E-state index is -0.309. The van der Waals surface area contributed by atoms with Gasteiger partial charge in [-0.15, -0.1) is 11.3 Å². The van der Waals surface area contributed by atoms with Crippen molar-refractivity contribution in [1.29, 1.82) is 0 Å². The summed E-state index contributed by atoms with van der Waals surface area (Å²) in [6, 6.07) is 0. The first-order chi connectivity index (χ1) is 7.18. The molecule has 0 saturated heterocycles. The average molecular weight is 225 g/mol. The summed E-state index contributed by atoms with van der Waals surface area (Å²) in [5.41, 5.74) is 2.23. The van der Waals surface area contributed by atoms with Crippen LogP contribution in [0.1, 0.15) is 18.3 Å². The summed E-state index contributed by atoms with van der Waals surface area (Å²) >= 11 is 1.64. The number of nitrogens with one attached hydrogen (secondary N) is 1.